The minimum Gasteiger partial charge on any atom is -0.493 e. The first-order chi connectivity index (χ1) is 17.9. The van der Waals surface area contributed by atoms with Crippen molar-refractivity contribution in [2.75, 3.05) is 26.1 Å². The second-order valence-corrected chi connectivity index (χ2v) is 9.79. The van der Waals surface area contributed by atoms with E-state index in [0.29, 0.717) is 11.5 Å². The van der Waals surface area contributed by atoms with Gasteiger partial charge in [-0.1, -0.05) is 6.07 Å². The summed E-state index contributed by atoms with van der Waals surface area (Å²) >= 11 is 0. The molecule has 1 aliphatic carbocycles. The van der Waals surface area contributed by atoms with Crippen LogP contribution in [-0.4, -0.2) is 43.8 Å². The van der Waals surface area contributed by atoms with Crippen molar-refractivity contribution in [1.29, 1.82) is 0 Å². The zero-order valence-electron chi connectivity index (χ0n) is 20.9. The third-order valence-electron chi connectivity index (χ3n) is 7.81. The van der Waals surface area contributed by atoms with Crippen LogP contribution in [-0.2, 0) is 12.0 Å². The lowest BCUT2D eigenvalue weighted by atomic mass is 9.65. The maximum Gasteiger partial charge on any atom is 0.319 e. The van der Waals surface area contributed by atoms with Crippen molar-refractivity contribution < 1.29 is 27.5 Å². The van der Waals surface area contributed by atoms with Gasteiger partial charge in [0.2, 0.25) is 0 Å². The van der Waals surface area contributed by atoms with Gasteiger partial charge < -0.3 is 24.5 Å². The minimum absolute atomic E-state index is 0.0755. The zero-order chi connectivity index (χ0) is 26.0. The summed E-state index contributed by atoms with van der Waals surface area (Å²) < 4.78 is 43.2. The van der Waals surface area contributed by atoms with Crippen LogP contribution >= 0.6 is 0 Å². The fourth-order valence-corrected chi connectivity index (χ4v) is 5.99. The van der Waals surface area contributed by atoms with Crippen molar-refractivity contribution in [3.05, 3.63) is 77.8 Å². The molecule has 2 heterocycles. The molecule has 0 bridgehead atoms. The molecular weight excluding hydrogens is 480 g/mol. The number of anilines is 1. The standard InChI is InChI=1S/C28H31F2N3O4/c1-35-24-6-3-19(13-25(24)36-2)28-9-7-21(32-27(34)31-20-4-5-22(29)23(30)14-20)15-26(28)33(11-10-28)16-18-8-12-37-17-18/h3-6,8,12-14,17,21,26H,7,9-11,15-16H2,1-2H3,(H2,31,32,34)/t21-,26+,28+/m1/s1. The molecule has 196 valence electrons. The summed E-state index contributed by atoms with van der Waals surface area (Å²) in [4.78, 5) is 15.2. The fraction of sp³-hybridized carbons (Fsp3) is 0.393. The average molecular weight is 512 g/mol. The SMILES string of the molecule is COc1ccc([C@@]23CC[C@@H](NC(=O)Nc4ccc(F)c(F)c4)C[C@@H]2N(Cc2ccoc2)CC3)cc1OC. The van der Waals surface area contributed by atoms with Crippen LogP contribution in [0.5, 0.6) is 11.5 Å². The Hall–Kier alpha value is -3.59. The Morgan fingerprint density at radius 1 is 1.08 bits per heavy atom. The summed E-state index contributed by atoms with van der Waals surface area (Å²) in [5, 5.41) is 5.67. The first kappa shape index (κ1) is 25.1. The van der Waals surface area contributed by atoms with E-state index in [0.717, 1.165) is 56.5 Å². The highest BCUT2D eigenvalue weighted by Crippen LogP contribution is 2.50. The first-order valence-corrected chi connectivity index (χ1v) is 12.4. The predicted molar refractivity (Wildman–Crippen MR) is 135 cm³/mol. The van der Waals surface area contributed by atoms with Crippen molar-refractivity contribution in [3.63, 3.8) is 0 Å². The van der Waals surface area contributed by atoms with Gasteiger partial charge in [-0.15, -0.1) is 0 Å². The summed E-state index contributed by atoms with van der Waals surface area (Å²) in [5.74, 6) is -0.566. The van der Waals surface area contributed by atoms with E-state index in [1.807, 2.05) is 12.1 Å². The van der Waals surface area contributed by atoms with Crippen molar-refractivity contribution >= 4 is 11.7 Å². The summed E-state index contributed by atoms with van der Waals surface area (Å²) in [7, 11) is 3.27. The summed E-state index contributed by atoms with van der Waals surface area (Å²) in [6.07, 6.45) is 6.85. The molecule has 3 aromatic rings. The number of methoxy groups -OCH3 is 2. The van der Waals surface area contributed by atoms with Gasteiger partial charge in [-0.2, -0.15) is 0 Å². The molecule has 0 radical (unpaired) electrons. The maximum absolute atomic E-state index is 13.6. The van der Waals surface area contributed by atoms with Gasteiger partial charge in [-0.3, -0.25) is 4.90 Å². The van der Waals surface area contributed by atoms with E-state index in [9.17, 15) is 13.6 Å². The number of hydrogen-bond acceptors (Lipinski definition) is 5. The predicted octanol–water partition coefficient (Wildman–Crippen LogP) is 5.46. The van der Waals surface area contributed by atoms with Crippen molar-refractivity contribution in [2.45, 2.75) is 49.7 Å². The second kappa shape index (κ2) is 10.4. The fourth-order valence-electron chi connectivity index (χ4n) is 5.99. The van der Waals surface area contributed by atoms with Crippen molar-refractivity contribution in [3.8, 4) is 11.5 Å². The van der Waals surface area contributed by atoms with E-state index in [2.05, 4.69) is 27.7 Å². The highest BCUT2D eigenvalue weighted by Gasteiger charge is 2.51. The number of benzene rings is 2. The number of furan rings is 1. The Bertz CT molecular complexity index is 1250. The van der Waals surface area contributed by atoms with Gasteiger partial charge in [0, 0.05) is 41.4 Å². The Labute approximate surface area is 214 Å². The lowest BCUT2D eigenvalue weighted by Crippen LogP contribution is -2.52. The van der Waals surface area contributed by atoms with Crippen LogP contribution in [0.15, 0.2) is 59.4 Å². The van der Waals surface area contributed by atoms with Gasteiger partial charge in [0.25, 0.3) is 0 Å². The molecule has 1 aliphatic heterocycles. The molecule has 37 heavy (non-hydrogen) atoms. The van der Waals surface area contributed by atoms with E-state index in [4.69, 9.17) is 13.9 Å². The molecular formula is C28H31F2N3O4. The molecule has 1 saturated heterocycles. The van der Waals surface area contributed by atoms with Crippen molar-refractivity contribution in [1.82, 2.24) is 10.2 Å². The Kier molecular flexibility index (Phi) is 7.06. The molecule has 5 rings (SSSR count). The van der Waals surface area contributed by atoms with Gasteiger partial charge in [0.1, 0.15) is 0 Å². The van der Waals surface area contributed by atoms with Crippen LogP contribution < -0.4 is 20.1 Å². The number of amides is 2. The van der Waals surface area contributed by atoms with Gasteiger partial charge in [-0.05, 0) is 68.1 Å². The molecule has 2 N–H and O–H groups in total. The number of nitrogens with zero attached hydrogens (tertiary/aromatic N) is 1. The van der Waals surface area contributed by atoms with E-state index in [1.165, 1.54) is 11.6 Å². The molecule has 1 saturated carbocycles. The largest absolute Gasteiger partial charge is 0.493 e. The number of fused-ring (bicyclic) bond motifs is 1. The number of hydrogen-bond donors (Lipinski definition) is 2. The molecule has 7 nitrogen and oxygen atoms in total. The number of likely N-dealkylation sites (tertiary alicyclic amines) is 1. The quantitative estimate of drug-likeness (QED) is 0.441. The first-order valence-electron chi connectivity index (χ1n) is 12.4. The lowest BCUT2D eigenvalue weighted by molar-refractivity contribution is 0.131. The summed E-state index contributed by atoms with van der Waals surface area (Å²) in [6.45, 7) is 1.67. The van der Waals surface area contributed by atoms with E-state index >= 15 is 0 Å². The number of halogens is 2. The topological polar surface area (TPSA) is 76.0 Å². The number of carbonyl (C=O) groups excluding carboxylic acids is 1. The lowest BCUT2D eigenvalue weighted by Gasteiger charge is -2.45. The zero-order valence-corrected chi connectivity index (χ0v) is 20.9. The molecule has 9 heteroatoms. The van der Waals surface area contributed by atoms with E-state index in [-0.39, 0.29) is 23.2 Å². The van der Waals surface area contributed by atoms with Gasteiger partial charge in [0.05, 0.1) is 26.7 Å². The highest BCUT2D eigenvalue weighted by atomic mass is 19.2. The van der Waals surface area contributed by atoms with Crippen LogP contribution in [0.4, 0.5) is 19.3 Å². The Balaban J connectivity index is 1.36. The van der Waals surface area contributed by atoms with Crippen LogP contribution in [0.25, 0.3) is 0 Å². The number of carbonyl (C=O) groups is 1. The number of urea groups is 1. The van der Waals surface area contributed by atoms with Crippen molar-refractivity contribution in [2.24, 2.45) is 0 Å². The van der Waals surface area contributed by atoms with Crippen LogP contribution in [0.2, 0.25) is 0 Å². The smallest absolute Gasteiger partial charge is 0.319 e. The van der Waals surface area contributed by atoms with E-state index < -0.39 is 17.7 Å². The summed E-state index contributed by atoms with van der Waals surface area (Å²) in [5.41, 5.74) is 2.41. The third-order valence-corrected chi connectivity index (χ3v) is 7.81. The van der Waals surface area contributed by atoms with Crippen LogP contribution in [0, 0.1) is 11.6 Å². The molecule has 2 aliphatic rings. The molecule has 1 aromatic heterocycles. The minimum atomic E-state index is -1.00. The molecule has 0 spiro atoms. The van der Waals surface area contributed by atoms with Gasteiger partial charge >= 0.3 is 6.03 Å². The normalized spacial score (nSPS) is 23.4. The van der Waals surface area contributed by atoms with Crippen LogP contribution in [0.1, 0.15) is 36.8 Å². The van der Waals surface area contributed by atoms with Crippen LogP contribution in [0.3, 0.4) is 0 Å². The average Bonchev–Trinajstić information content (AvgIpc) is 3.55. The number of nitrogens with one attached hydrogen (secondary N) is 2. The molecule has 2 amide bonds. The monoisotopic (exact) mass is 511 g/mol. The Morgan fingerprint density at radius 2 is 1.92 bits per heavy atom. The van der Waals surface area contributed by atoms with Gasteiger partial charge in [0.15, 0.2) is 23.1 Å². The van der Waals surface area contributed by atoms with E-state index in [1.54, 1.807) is 26.7 Å². The van der Waals surface area contributed by atoms with Gasteiger partial charge in [-0.25, -0.2) is 13.6 Å². The summed E-state index contributed by atoms with van der Waals surface area (Å²) in [6, 6.07) is 11.1. The maximum atomic E-state index is 13.6. The highest BCUT2D eigenvalue weighted by molar-refractivity contribution is 5.89. The number of ether oxygens (including phenoxy) is 2. The second-order valence-electron chi connectivity index (χ2n) is 9.79. The Morgan fingerprint density at radius 3 is 2.65 bits per heavy atom. The molecule has 3 atom stereocenters. The number of rotatable bonds is 7. The molecule has 2 aromatic carbocycles. The third kappa shape index (κ3) is 5.00. The molecule has 0 unspecified atom stereocenters. The molecule has 2 fully saturated rings.